The number of thioether (sulfide) groups is 7. The first-order valence-electron chi connectivity index (χ1n) is 12.2. The molecular formula is C22H38O4S11. The fraction of sp³-hybridized carbons (Fsp3) is 1.00. The van der Waals surface area contributed by atoms with E-state index >= 15 is 0 Å². The zero-order chi connectivity index (χ0) is 26.9. The molecule has 10 atom stereocenters. The second-order valence-electron chi connectivity index (χ2n) is 9.79. The van der Waals surface area contributed by atoms with Crippen LogP contribution in [0.25, 0.3) is 0 Å². The average Bonchev–Trinajstić information content (AvgIpc) is 3.80. The lowest BCUT2D eigenvalue weighted by Gasteiger charge is -2.21. The summed E-state index contributed by atoms with van der Waals surface area (Å²) in [7, 11) is 0. The zero-order valence-corrected chi connectivity index (χ0v) is 30.7. The molecule has 0 spiro atoms. The molecule has 0 aliphatic carbocycles. The van der Waals surface area contributed by atoms with E-state index in [4.69, 9.17) is 18.9 Å². The van der Waals surface area contributed by atoms with Crippen molar-refractivity contribution in [1.29, 1.82) is 0 Å². The topological polar surface area (TPSA) is 50.1 Å². The maximum atomic E-state index is 5.70. The number of ether oxygens (including phenoxy) is 4. The predicted molar refractivity (Wildman–Crippen MR) is 189 cm³/mol. The van der Waals surface area contributed by atoms with Gasteiger partial charge in [0.15, 0.2) is 0 Å². The van der Waals surface area contributed by atoms with E-state index in [1.807, 2.05) is 47.0 Å². The Hall–Kier alpha value is 3.69. The van der Waals surface area contributed by atoms with Gasteiger partial charge in [0, 0.05) is 56.5 Å². The van der Waals surface area contributed by atoms with E-state index in [1.54, 1.807) is 0 Å². The molecule has 0 saturated carbocycles. The molecule has 4 fully saturated rings. The summed E-state index contributed by atoms with van der Waals surface area (Å²) in [6, 6.07) is 0. The molecule has 0 aromatic rings. The van der Waals surface area contributed by atoms with Gasteiger partial charge < -0.3 is 18.9 Å². The first-order chi connectivity index (χ1) is 17.4. The third-order valence-electron chi connectivity index (χ3n) is 6.32. The van der Waals surface area contributed by atoms with Crippen LogP contribution in [0.4, 0.5) is 0 Å². The Morgan fingerprint density at radius 2 is 0.811 bits per heavy atom. The highest BCUT2D eigenvalue weighted by Crippen LogP contribution is 2.51. The fourth-order valence-corrected chi connectivity index (χ4v) is 14.4. The Morgan fingerprint density at radius 3 is 1.11 bits per heavy atom. The molecule has 15 heteroatoms. The average molecular weight is 719 g/mol. The van der Waals surface area contributed by atoms with Crippen molar-refractivity contribution in [2.24, 2.45) is 0 Å². The van der Waals surface area contributed by atoms with Crippen LogP contribution >= 0.6 is 133 Å². The van der Waals surface area contributed by atoms with Gasteiger partial charge in [0.25, 0.3) is 0 Å². The molecular weight excluding hydrogens is 681 g/mol. The minimum absolute atomic E-state index is 0.0594. The lowest BCUT2D eigenvalue weighted by Crippen LogP contribution is -2.19. The number of epoxide rings is 4. The molecule has 4 saturated heterocycles. The Labute approximate surface area is 274 Å². The predicted octanol–water partition coefficient (Wildman–Crippen LogP) is 6.87. The van der Waals surface area contributed by atoms with Crippen molar-refractivity contribution in [3.05, 3.63) is 0 Å². The van der Waals surface area contributed by atoms with Crippen molar-refractivity contribution in [1.82, 2.24) is 0 Å². The van der Waals surface area contributed by atoms with Crippen LogP contribution in [0.2, 0.25) is 0 Å². The van der Waals surface area contributed by atoms with E-state index in [0.29, 0.717) is 10.5 Å². The maximum absolute atomic E-state index is 5.70. The smallest absolute Gasteiger partial charge is 0.147 e. The monoisotopic (exact) mass is 718 g/mol. The molecule has 4 nitrogen and oxygen atoms in total. The largest absolute Gasteiger partial charge is 0.343 e. The van der Waals surface area contributed by atoms with Crippen LogP contribution in [0.5, 0.6) is 0 Å². The van der Waals surface area contributed by atoms with Crippen molar-refractivity contribution in [2.45, 2.75) is 79.7 Å². The second kappa shape index (κ2) is 14.2. The molecule has 0 N–H and O–H groups in total. The molecule has 0 amide bonds. The van der Waals surface area contributed by atoms with Crippen molar-refractivity contribution < 1.29 is 18.9 Å². The summed E-state index contributed by atoms with van der Waals surface area (Å²) in [5, 5.41) is 1.16. The van der Waals surface area contributed by atoms with Crippen molar-refractivity contribution in [3.8, 4) is 0 Å². The van der Waals surface area contributed by atoms with Gasteiger partial charge in [-0.25, -0.2) is 0 Å². The molecule has 4 heterocycles. The summed E-state index contributed by atoms with van der Waals surface area (Å²) in [5.74, 6) is 8.86. The highest BCUT2D eigenvalue weighted by Gasteiger charge is 2.52. The SMILES string of the molecule is CC1(SCCSC(CSCC(CSC2(C)OC2S)SCCSC2(C)OC2S)CSC2(C)OC2S)OC1S. The quantitative estimate of drug-likeness (QED) is 0.0607. The second-order valence-corrected chi connectivity index (χ2v) is 21.4. The van der Waals surface area contributed by atoms with Crippen LogP contribution in [-0.4, -0.2) is 98.0 Å². The Morgan fingerprint density at radius 1 is 0.514 bits per heavy atom. The van der Waals surface area contributed by atoms with Crippen molar-refractivity contribution in [2.75, 3.05) is 46.0 Å². The third-order valence-corrected chi connectivity index (χ3v) is 20.0. The number of hydrogen-bond acceptors (Lipinski definition) is 15. The molecule has 4 aliphatic heterocycles. The van der Waals surface area contributed by atoms with Crippen LogP contribution < -0.4 is 0 Å². The number of thiol groups is 4. The lowest BCUT2D eigenvalue weighted by molar-refractivity contribution is 0.394. The van der Waals surface area contributed by atoms with Gasteiger partial charge in [0.05, 0.1) is 0 Å². The highest BCUT2D eigenvalue weighted by atomic mass is 32.2. The van der Waals surface area contributed by atoms with Gasteiger partial charge in [-0.3, -0.25) is 0 Å². The van der Waals surface area contributed by atoms with E-state index in [-0.39, 0.29) is 41.5 Å². The number of hydrogen-bond donors (Lipinski definition) is 4. The molecule has 0 aromatic carbocycles. The van der Waals surface area contributed by atoms with Gasteiger partial charge in [-0.05, 0) is 27.7 Å². The van der Waals surface area contributed by atoms with Crippen LogP contribution in [0.15, 0.2) is 0 Å². The zero-order valence-electron chi connectivity index (χ0n) is 21.4. The molecule has 0 aromatic heterocycles. The minimum atomic E-state index is -0.125. The first-order valence-corrected chi connectivity index (χ1v) is 21.4. The molecule has 4 rings (SSSR count). The summed E-state index contributed by atoms with van der Waals surface area (Å²) < 4.78 is 22.6. The molecule has 10 unspecified atom stereocenters. The van der Waals surface area contributed by atoms with Crippen LogP contribution in [-0.2, 0) is 18.9 Å². The van der Waals surface area contributed by atoms with Gasteiger partial charge in [0.2, 0.25) is 0 Å². The van der Waals surface area contributed by atoms with Gasteiger partial charge in [0.1, 0.15) is 41.5 Å². The lowest BCUT2D eigenvalue weighted by atomic mass is 10.5. The van der Waals surface area contributed by atoms with E-state index in [1.165, 1.54) is 0 Å². The van der Waals surface area contributed by atoms with E-state index in [9.17, 15) is 0 Å². The molecule has 37 heavy (non-hydrogen) atoms. The summed E-state index contributed by atoms with van der Waals surface area (Å²) in [5.41, 5.74) is 0.275. The maximum Gasteiger partial charge on any atom is 0.147 e. The molecule has 216 valence electrons. The van der Waals surface area contributed by atoms with Crippen LogP contribution in [0, 0.1) is 0 Å². The summed E-state index contributed by atoms with van der Waals surface area (Å²) in [4.78, 5) is -0.440. The van der Waals surface area contributed by atoms with Crippen LogP contribution in [0.1, 0.15) is 27.7 Å². The van der Waals surface area contributed by atoms with Crippen LogP contribution in [0.3, 0.4) is 0 Å². The first kappa shape index (κ1) is 33.6. The molecule has 0 bridgehead atoms. The fourth-order valence-electron chi connectivity index (χ4n) is 3.23. The summed E-state index contributed by atoms with van der Waals surface area (Å²) in [6.45, 7) is 8.57. The van der Waals surface area contributed by atoms with Crippen molar-refractivity contribution >= 4 is 133 Å². The molecule has 0 radical (unpaired) electrons. The van der Waals surface area contributed by atoms with Gasteiger partial charge in [-0.2, -0.15) is 35.3 Å². The Bertz CT molecular complexity index is 712. The van der Waals surface area contributed by atoms with Crippen molar-refractivity contribution in [3.63, 3.8) is 0 Å². The van der Waals surface area contributed by atoms with Gasteiger partial charge >= 0.3 is 0 Å². The standard InChI is InChI=1S/C22H38O4S11/c1-19(15(27)23-19)34-7-5-32-13(11-36-21(3)17(29)25-21)9-31-10-14(12-37-22(4)18(30)26-22)33-6-8-35-20(2)16(28)24-20/h13-18,27-30H,5-12H2,1-4H3. The summed E-state index contributed by atoms with van der Waals surface area (Å²) >= 11 is 31.7. The summed E-state index contributed by atoms with van der Waals surface area (Å²) in [6.07, 6.45) is 0. The Kier molecular flexibility index (Phi) is 12.9. The third kappa shape index (κ3) is 10.4. The Balaban J connectivity index is 1.19. The normalized spacial score (nSPS) is 43.5. The van der Waals surface area contributed by atoms with Gasteiger partial charge in [-0.1, -0.05) is 0 Å². The molecule has 4 aliphatic rings. The minimum Gasteiger partial charge on any atom is -0.343 e. The van der Waals surface area contributed by atoms with E-state index in [0.717, 1.165) is 46.0 Å². The number of rotatable bonds is 20. The highest BCUT2D eigenvalue weighted by molar-refractivity contribution is 8.08. The van der Waals surface area contributed by atoms with E-state index in [2.05, 4.69) is 113 Å². The van der Waals surface area contributed by atoms with Gasteiger partial charge in [-0.15, -0.1) is 97.6 Å². The van der Waals surface area contributed by atoms with E-state index < -0.39 is 0 Å².